The van der Waals surface area contributed by atoms with Gasteiger partial charge in [0.05, 0.1) is 0 Å². The van der Waals surface area contributed by atoms with Gasteiger partial charge in [0.25, 0.3) is 5.91 Å². The minimum atomic E-state index is -0.290. The second kappa shape index (κ2) is 5.34. The third-order valence-corrected chi connectivity index (χ3v) is 3.14. The summed E-state index contributed by atoms with van der Waals surface area (Å²) in [7, 11) is 0. The summed E-state index contributed by atoms with van der Waals surface area (Å²) < 4.78 is 1.11. The molecule has 0 atom stereocenters. The van der Waals surface area contributed by atoms with Crippen molar-refractivity contribution in [3.63, 3.8) is 0 Å². The third-order valence-electron chi connectivity index (χ3n) is 2.47. The molecule has 2 N–H and O–H groups in total. The topological polar surface area (TPSA) is 62.0 Å². The zero-order valence-electron chi connectivity index (χ0n) is 9.66. The second-order valence-corrected chi connectivity index (χ2v) is 5.10. The number of H-pyrrole nitrogens is 1. The summed E-state index contributed by atoms with van der Waals surface area (Å²) in [5.74, 6) is -0.287. The second-order valence-electron chi connectivity index (χ2n) is 3.85. The van der Waals surface area contributed by atoms with Crippen LogP contribution in [0.4, 0.5) is 5.69 Å². The minimum absolute atomic E-state index is 0.287. The Bertz CT molecular complexity index is 649. The highest BCUT2D eigenvalue weighted by molar-refractivity contribution is 14.1. The number of pyridine rings is 1. The maximum Gasteiger partial charge on any atom is 0.255 e. The number of carbonyl (C=O) groups is 1. The standard InChI is InChI=1S/C13H11IN2O2/c1-8-6-10(14)2-3-11(8)16-13(18)9-4-5-15-12(17)7-9/h2-7H,1H3,(H,15,17)(H,16,18). The molecule has 1 aromatic carbocycles. The van der Waals surface area contributed by atoms with Gasteiger partial charge in [0.15, 0.2) is 0 Å². The quantitative estimate of drug-likeness (QED) is 0.815. The number of amides is 1. The van der Waals surface area contributed by atoms with Crippen molar-refractivity contribution >= 4 is 34.2 Å². The molecule has 1 amide bonds. The molecule has 18 heavy (non-hydrogen) atoms. The predicted octanol–water partition coefficient (Wildman–Crippen LogP) is 2.54. The molecule has 1 aromatic heterocycles. The molecule has 5 heteroatoms. The van der Waals surface area contributed by atoms with Crippen molar-refractivity contribution in [2.75, 3.05) is 5.32 Å². The molecular weight excluding hydrogens is 343 g/mol. The molecule has 0 saturated carbocycles. The first kappa shape index (κ1) is 12.8. The predicted molar refractivity (Wildman–Crippen MR) is 78.9 cm³/mol. The number of hydrogen-bond donors (Lipinski definition) is 2. The van der Waals surface area contributed by atoms with Crippen molar-refractivity contribution in [2.24, 2.45) is 0 Å². The van der Waals surface area contributed by atoms with E-state index in [2.05, 4.69) is 32.9 Å². The van der Waals surface area contributed by atoms with Crippen LogP contribution in [0, 0.1) is 10.5 Å². The number of nitrogens with one attached hydrogen (secondary N) is 2. The summed E-state index contributed by atoms with van der Waals surface area (Å²) in [4.78, 5) is 25.5. The largest absolute Gasteiger partial charge is 0.329 e. The highest BCUT2D eigenvalue weighted by atomic mass is 127. The van der Waals surface area contributed by atoms with E-state index in [4.69, 9.17) is 0 Å². The van der Waals surface area contributed by atoms with E-state index in [-0.39, 0.29) is 11.5 Å². The normalized spacial score (nSPS) is 10.1. The smallest absolute Gasteiger partial charge is 0.255 e. The Morgan fingerprint density at radius 3 is 2.72 bits per heavy atom. The fourth-order valence-electron chi connectivity index (χ4n) is 1.55. The average Bonchev–Trinajstić information content (AvgIpc) is 2.32. The molecule has 2 aromatic rings. The van der Waals surface area contributed by atoms with E-state index in [1.165, 1.54) is 12.3 Å². The molecule has 2 rings (SSSR count). The van der Waals surface area contributed by atoms with E-state index in [1.807, 2.05) is 25.1 Å². The fraction of sp³-hybridized carbons (Fsp3) is 0.0769. The number of rotatable bonds is 2. The van der Waals surface area contributed by atoms with Crippen molar-refractivity contribution in [1.29, 1.82) is 0 Å². The lowest BCUT2D eigenvalue weighted by molar-refractivity contribution is 0.102. The Kier molecular flexibility index (Phi) is 3.81. The molecule has 92 valence electrons. The Morgan fingerprint density at radius 1 is 1.28 bits per heavy atom. The van der Waals surface area contributed by atoms with Crippen LogP contribution in [0.5, 0.6) is 0 Å². The summed E-state index contributed by atoms with van der Waals surface area (Å²) in [5.41, 5.74) is 1.79. The first-order chi connectivity index (χ1) is 8.56. The van der Waals surface area contributed by atoms with E-state index in [0.717, 1.165) is 14.8 Å². The number of anilines is 1. The number of aryl methyl sites for hydroxylation is 1. The van der Waals surface area contributed by atoms with Crippen molar-refractivity contribution in [2.45, 2.75) is 6.92 Å². The summed E-state index contributed by atoms with van der Waals surface area (Å²) in [6.45, 7) is 1.93. The summed E-state index contributed by atoms with van der Waals surface area (Å²) in [6.07, 6.45) is 1.46. The fourth-order valence-corrected chi connectivity index (χ4v) is 2.19. The van der Waals surface area contributed by atoms with E-state index < -0.39 is 0 Å². The number of aromatic amines is 1. The van der Waals surface area contributed by atoms with Crippen LogP contribution in [0.25, 0.3) is 0 Å². The lowest BCUT2D eigenvalue weighted by Gasteiger charge is -2.08. The molecule has 4 nitrogen and oxygen atoms in total. The number of carbonyl (C=O) groups excluding carboxylic acids is 1. The maximum atomic E-state index is 11.9. The Balaban J connectivity index is 2.24. The van der Waals surface area contributed by atoms with Crippen molar-refractivity contribution in [3.8, 4) is 0 Å². The summed E-state index contributed by atoms with van der Waals surface area (Å²) in [5, 5.41) is 2.79. The molecule has 0 unspecified atom stereocenters. The van der Waals surface area contributed by atoms with Crippen LogP contribution >= 0.6 is 22.6 Å². The van der Waals surface area contributed by atoms with Gasteiger partial charge >= 0.3 is 0 Å². The van der Waals surface area contributed by atoms with Crippen LogP contribution in [0.2, 0.25) is 0 Å². The maximum absolute atomic E-state index is 11.9. The first-order valence-corrected chi connectivity index (χ1v) is 6.40. The van der Waals surface area contributed by atoms with Crippen LogP contribution in [-0.2, 0) is 0 Å². The molecule has 0 fully saturated rings. The summed E-state index contributed by atoms with van der Waals surface area (Å²) >= 11 is 2.21. The van der Waals surface area contributed by atoms with E-state index in [1.54, 1.807) is 6.07 Å². The minimum Gasteiger partial charge on any atom is -0.329 e. The van der Waals surface area contributed by atoms with Gasteiger partial charge in [0.2, 0.25) is 5.56 Å². The monoisotopic (exact) mass is 354 g/mol. The zero-order chi connectivity index (χ0) is 13.1. The lowest BCUT2D eigenvalue weighted by Crippen LogP contribution is -2.16. The van der Waals surface area contributed by atoms with E-state index in [9.17, 15) is 9.59 Å². The number of hydrogen-bond acceptors (Lipinski definition) is 2. The van der Waals surface area contributed by atoms with Gasteiger partial charge in [-0.05, 0) is 59.3 Å². The zero-order valence-corrected chi connectivity index (χ0v) is 11.8. The van der Waals surface area contributed by atoms with Gasteiger partial charge in [-0.25, -0.2) is 0 Å². The van der Waals surface area contributed by atoms with Crippen molar-refractivity contribution in [3.05, 3.63) is 61.6 Å². The molecule has 0 radical (unpaired) electrons. The van der Waals surface area contributed by atoms with Crippen molar-refractivity contribution in [1.82, 2.24) is 4.98 Å². The molecule has 0 saturated heterocycles. The molecule has 0 spiro atoms. The number of aromatic nitrogens is 1. The molecule has 1 heterocycles. The SMILES string of the molecule is Cc1cc(I)ccc1NC(=O)c1cc[nH]c(=O)c1. The Morgan fingerprint density at radius 2 is 2.06 bits per heavy atom. The van der Waals surface area contributed by atoms with Gasteiger partial charge in [-0.1, -0.05) is 0 Å². The number of benzene rings is 1. The van der Waals surface area contributed by atoms with Crippen LogP contribution < -0.4 is 10.9 Å². The molecule has 0 aliphatic rings. The molecule has 0 aliphatic heterocycles. The van der Waals surface area contributed by atoms with Crippen LogP contribution in [0.1, 0.15) is 15.9 Å². The Hall–Kier alpha value is -1.63. The third kappa shape index (κ3) is 2.98. The molecule has 0 aliphatic carbocycles. The van der Waals surface area contributed by atoms with Gasteiger partial charge in [-0.15, -0.1) is 0 Å². The lowest BCUT2D eigenvalue weighted by atomic mass is 10.2. The Labute approximate surface area is 118 Å². The molecule has 0 bridgehead atoms. The van der Waals surface area contributed by atoms with Crippen LogP contribution in [0.3, 0.4) is 0 Å². The van der Waals surface area contributed by atoms with E-state index in [0.29, 0.717) is 5.56 Å². The van der Waals surface area contributed by atoms with Gasteiger partial charge in [-0.2, -0.15) is 0 Å². The highest BCUT2D eigenvalue weighted by Crippen LogP contribution is 2.18. The van der Waals surface area contributed by atoms with Gasteiger partial charge in [-0.3, -0.25) is 9.59 Å². The molecular formula is C13H11IN2O2. The summed E-state index contributed by atoms with van der Waals surface area (Å²) in [6, 6.07) is 8.59. The van der Waals surface area contributed by atoms with Gasteiger partial charge < -0.3 is 10.3 Å². The highest BCUT2D eigenvalue weighted by Gasteiger charge is 2.08. The number of halogens is 1. The van der Waals surface area contributed by atoms with Gasteiger partial charge in [0, 0.05) is 27.1 Å². The average molecular weight is 354 g/mol. The van der Waals surface area contributed by atoms with Crippen LogP contribution in [-0.4, -0.2) is 10.9 Å². The first-order valence-electron chi connectivity index (χ1n) is 5.32. The van der Waals surface area contributed by atoms with Crippen LogP contribution in [0.15, 0.2) is 41.3 Å². The van der Waals surface area contributed by atoms with Crippen molar-refractivity contribution < 1.29 is 4.79 Å². The van der Waals surface area contributed by atoms with E-state index >= 15 is 0 Å². The van der Waals surface area contributed by atoms with Gasteiger partial charge in [0.1, 0.15) is 0 Å².